The third kappa shape index (κ3) is 10.7. The van der Waals surface area contributed by atoms with Crippen LogP contribution in [0.25, 0.3) is 99.1 Å². The highest BCUT2D eigenvalue weighted by atomic mass is 15.2. The van der Waals surface area contributed by atoms with E-state index in [-0.39, 0.29) is 37.1 Å². The molecule has 0 aliphatic carbocycles. The molecule has 5 heteroatoms. The maximum absolute atomic E-state index is 2.79. The first kappa shape index (κ1) is 69.3. The Hall–Kier alpha value is -11.9. The van der Waals surface area contributed by atoms with Gasteiger partial charge in [0.15, 0.2) is 0 Å². The molecule has 0 unspecified atom stereocenters. The van der Waals surface area contributed by atoms with Crippen LogP contribution in [0.4, 0.5) is 51.2 Å². The Morgan fingerprint density at radius 1 is 0.214 bits per heavy atom. The van der Waals surface area contributed by atoms with E-state index in [1.54, 1.807) is 0 Å². The molecule has 542 valence electrons. The first-order chi connectivity index (χ1) is 54.5. The third-order valence-electron chi connectivity index (χ3n) is 25.4. The Labute approximate surface area is 662 Å². The smallest absolute Gasteiger partial charge is 0.244 e. The van der Waals surface area contributed by atoms with Crippen molar-refractivity contribution in [3.63, 3.8) is 0 Å². The van der Waals surface area contributed by atoms with Crippen molar-refractivity contribution in [3.05, 3.63) is 330 Å². The largest absolute Gasteiger partial charge is 0.310 e. The number of benzene rings is 16. The molecule has 112 heavy (non-hydrogen) atoms. The Morgan fingerprint density at radius 3 is 0.812 bits per heavy atom. The van der Waals surface area contributed by atoms with Crippen LogP contribution < -0.4 is 47.5 Å². The molecule has 0 radical (unpaired) electrons. The quantitative estimate of drug-likeness (QED) is 0.0664. The molecule has 0 N–H and O–H groups in total. The van der Waals surface area contributed by atoms with Gasteiger partial charge in [-0.3, -0.25) is 0 Å². The maximum atomic E-state index is 2.79. The summed E-state index contributed by atoms with van der Waals surface area (Å²) in [5, 5.41) is 8.16. The van der Waals surface area contributed by atoms with Crippen molar-refractivity contribution < 1.29 is 0 Å². The van der Waals surface area contributed by atoms with E-state index in [1.807, 2.05) is 0 Å². The van der Waals surface area contributed by atoms with Crippen LogP contribution in [0.1, 0.15) is 158 Å². The number of hydrogen-bond donors (Lipinski definition) is 0. The Bertz CT molecular complexity index is 6210. The molecule has 16 aromatic carbocycles. The van der Waals surface area contributed by atoms with Gasteiger partial charge in [0.1, 0.15) is 0 Å². The third-order valence-corrected chi connectivity index (χ3v) is 25.4. The van der Waals surface area contributed by atoms with Crippen molar-refractivity contribution in [3.8, 4) is 66.8 Å². The van der Waals surface area contributed by atoms with Gasteiger partial charge < -0.3 is 14.7 Å². The molecule has 4 heterocycles. The van der Waals surface area contributed by atoms with E-state index in [2.05, 4.69) is 396 Å². The SMILES string of the molecule is Cc1ccc2c(c1)-c1cc(N(c3ccccc3)c3ccccc3)cc3c1B2c1cc2c(-c4c(C(C)C)cc(C(C)C)cc4C(C)C)cc4c5c(cc6c(-c7c(C(C)C)cc(C(C)C)cc7C(C)C)cc-3c1c6c25)B1c2ccc(N(c3ccccc3)c3ccccc3)cc2-c2cc(N(c3ccccc3)c3ccccc3)cc-4c21. The van der Waals surface area contributed by atoms with E-state index in [0.29, 0.717) is 11.8 Å². The molecule has 0 saturated carbocycles. The maximum Gasteiger partial charge on any atom is 0.244 e. The van der Waals surface area contributed by atoms with E-state index >= 15 is 0 Å². The minimum atomic E-state index is -0.116. The number of nitrogens with zero attached hydrogens (tertiary/aromatic N) is 3. The molecule has 0 amide bonds. The molecule has 4 aliphatic rings. The van der Waals surface area contributed by atoms with Crippen LogP contribution in [-0.4, -0.2) is 13.4 Å². The number of para-hydroxylation sites is 6. The lowest BCUT2D eigenvalue weighted by Gasteiger charge is -2.35. The zero-order valence-electron chi connectivity index (χ0n) is 66.7. The number of anilines is 9. The Kier molecular flexibility index (Phi) is 16.5. The van der Waals surface area contributed by atoms with Crippen molar-refractivity contribution in [2.24, 2.45) is 0 Å². The first-order valence-electron chi connectivity index (χ1n) is 41.0. The van der Waals surface area contributed by atoms with Crippen LogP contribution in [0, 0.1) is 6.92 Å². The minimum Gasteiger partial charge on any atom is -0.310 e. The van der Waals surface area contributed by atoms with Gasteiger partial charge in [-0.05, 0) is 296 Å². The molecule has 0 atom stereocenters. The Balaban J connectivity index is 1.01. The fraction of sp³-hybridized carbons (Fsp3) is 0.178. The van der Waals surface area contributed by atoms with Crippen LogP contribution in [0.5, 0.6) is 0 Å². The molecule has 20 rings (SSSR count). The van der Waals surface area contributed by atoms with E-state index in [1.165, 1.54) is 171 Å². The molecule has 0 fully saturated rings. The highest BCUT2D eigenvalue weighted by Gasteiger charge is 2.47. The lowest BCUT2D eigenvalue weighted by molar-refractivity contribution is 0.807. The second kappa shape index (κ2) is 26.7. The summed E-state index contributed by atoms with van der Waals surface area (Å²) in [7, 11) is 0. The standard InChI is InChI=1S/C107H93B2N3/c1-62(2)69-49-80(64(5)6)100(81(50-69)65(7)8)86-58-88-94-56-78(111(73-36-24-16-25-37-73)74-38-26-17-27-39-74)54-92-84-48-68(13)44-46-96(84)108(106(92)94)98-60-90-87(101-82(66(9)10)51-70(63(3)4)52-83(101)67(11)12)59-89-95-57-79(112(75-40-28-18-29-41-75)76-42-30-19-31-43-76)55-93-85-53-77(110(71-32-20-14-21-33-71)72-34-22-15-23-35-72)45-47-97(85)109(107(93)95)99-61-91(86)104(102(88)98)105(90)103(89)99/h14-67H,1-13H3. The molecule has 16 aromatic rings. The van der Waals surface area contributed by atoms with E-state index in [9.17, 15) is 0 Å². The molecule has 0 bridgehead atoms. The van der Waals surface area contributed by atoms with E-state index in [0.717, 1.165) is 51.2 Å². The zero-order chi connectivity index (χ0) is 76.4. The number of aryl methyl sites for hydroxylation is 1. The molecule has 3 nitrogen and oxygen atoms in total. The van der Waals surface area contributed by atoms with Crippen molar-refractivity contribution >= 4 is 130 Å². The lowest BCUT2D eigenvalue weighted by atomic mass is 9.34. The fourth-order valence-corrected chi connectivity index (χ4v) is 20.2. The average molecular weight is 1440 g/mol. The molecular formula is C107H93B2N3. The van der Waals surface area contributed by atoms with Crippen molar-refractivity contribution in [2.45, 2.75) is 126 Å². The summed E-state index contributed by atoms with van der Waals surface area (Å²) in [6, 6.07) is 113. The zero-order valence-corrected chi connectivity index (χ0v) is 66.7. The molecular weight excluding hydrogens is 1350 g/mol. The highest BCUT2D eigenvalue weighted by Crippen LogP contribution is 2.56. The highest BCUT2D eigenvalue weighted by molar-refractivity contribution is 7.03. The number of hydrogen-bond acceptors (Lipinski definition) is 3. The topological polar surface area (TPSA) is 9.72 Å². The van der Waals surface area contributed by atoms with Gasteiger partial charge in [-0.2, -0.15) is 0 Å². The van der Waals surface area contributed by atoms with Crippen LogP contribution in [0.15, 0.2) is 291 Å². The summed E-state index contributed by atoms with van der Waals surface area (Å²) in [6.07, 6.45) is 0. The van der Waals surface area contributed by atoms with Crippen LogP contribution in [0.3, 0.4) is 0 Å². The summed E-state index contributed by atoms with van der Waals surface area (Å²) in [5.41, 5.74) is 43.9. The molecule has 4 aliphatic heterocycles. The van der Waals surface area contributed by atoms with Crippen molar-refractivity contribution in [1.29, 1.82) is 0 Å². The number of rotatable bonds is 17. The van der Waals surface area contributed by atoms with Gasteiger partial charge >= 0.3 is 0 Å². The van der Waals surface area contributed by atoms with Crippen LogP contribution in [0.2, 0.25) is 0 Å². The van der Waals surface area contributed by atoms with Gasteiger partial charge in [0.2, 0.25) is 13.4 Å². The second-order valence-corrected chi connectivity index (χ2v) is 34.2. The van der Waals surface area contributed by atoms with Gasteiger partial charge in [-0.1, -0.05) is 291 Å². The van der Waals surface area contributed by atoms with Gasteiger partial charge in [-0.15, -0.1) is 0 Å². The van der Waals surface area contributed by atoms with Crippen molar-refractivity contribution in [2.75, 3.05) is 14.7 Å². The van der Waals surface area contributed by atoms with E-state index < -0.39 is 0 Å². The molecule has 0 saturated heterocycles. The Morgan fingerprint density at radius 2 is 0.500 bits per heavy atom. The second-order valence-electron chi connectivity index (χ2n) is 34.2. The molecule has 0 spiro atoms. The minimum absolute atomic E-state index is 0.0447. The molecule has 0 aromatic heterocycles. The van der Waals surface area contributed by atoms with Gasteiger partial charge in [-0.25, -0.2) is 0 Å². The van der Waals surface area contributed by atoms with Gasteiger partial charge in [0, 0.05) is 51.2 Å². The lowest BCUT2D eigenvalue weighted by Crippen LogP contribution is -2.53. The summed E-state index contributed by atoms with van der Waals surface area (Å²) in [6.45, 7) is 31.2. The first-order valence-corrected chi connectivity index (χ1v) is 41.0. The summed E-state index contributed by atoms with van der Waals surface area (Å²) in [4.78, 5) is 7.46. The monoisotopic (exact) mass is 1440 g/mol. The van der Waals surface area contributed by atoms with Crippen molar-refractivity contribution in [1.82, 2.24) is 0 Å². The van der Waals surface area contributed by atoms with Gasteiger partial charge in [0.25, 0.3) is 0 Å². The van der Waals surface area contributed by atoms with Gasteiger partial charge in [0.05, 0.1) is 0 Å². The van der Waals surface area contributed by atoms with Crippen LogP contribution in [-0.2, 0) is 0 Å². The summed E-state index contributed by atoms with van der Waals surface area (Å²) >= 11 is 0. The predicted molar refractivity (Wildman–Crippen MR) is 485 cm³/mol. The predicted octanol–water partition coefficient (Wildman–Crippen LogP) is 26.3. The normalized spacial score (nSPS) is 12.8. The van der Waals surface area contributed by atoms with Crippen LogP contribution >= 0.6 is 0 Å². The average Bonchev–Trinajstić information content (AvgIpc) is 1.28. The van der Waals surface area contributed by atoms with E-state index in [4.69, 9.17) is 0 Å². The fourth-order valence-electron chi connectivity index (χ4n) is 20.2. The summed E-state index contributed by atoms with van der Waals surface area (Å²) < 4.78 is 0. The number of fused-ring (bicyclic) bond motifs is 10. The summed E-state index contributed by atoms with van der Waals surface area (Å²) in [5.74, 6) is 1.59.